The van der Waals surface area contributed by atoms with Crippen LogP contribution in [-0.4, -0.2) is 52.6 Å². The first kappa shape index (κ1) is 12.4. The summed E-state index contributed by atoms with van der Waals surface area (Å²) in [6, 6.07) is 0. The highest BCUT2D eigenvalue weighted by Gasteiger charge is 2.17. The van der Waals surface area contributed by atoms with Crippen LogP contribution in [0.5, 0.6) is 0 Å². The van der Waals surface area contributed by atoms with Crippen molar-refractivity contribution in [2.45, 2.75) is 6.42 Å². The molecular formula is C10H19NO4. The number of esters is 1. The van der Waals surface area contributed by atoms with Gasteiger partial charge in [0.05, 0.1) is 26.4 Å². The fourth-order valence-electron chi connectivity index (χ4n) is 1.34. The van der Waals surface area contributed by atoms with Gasteiger partial charge in [0, 0.05) is 26.2 Å². The maximum Gasteiger partial charge on any atom is 0.319 e. The van der Waals surface area contributed by atoms with Gasteiger partial charge in [0.15, 0.2) is 0 Å². The lowest BCUT2D eigenvalue weighted by Gasteiger charge is -2.09. The van der Waals surface area contributed by atoms with Crippen molar-refractivity contribution >= 4 is 5.97 Å². The molecular weight excluding hydrogens is 198 g/mol. The summed E-state index contributed by atoms with van der Waals surface area (Å²) in [7, 11) is 1.63. The second-order valence-corrected chi connectivity index (χ2v) is 3.58. The van der Waals surface area contributed by atoms with Gasteiger partial charge in [-0.25, -0.2) is 0 Å². The molecule has 5 nitrogen and oxygen atoms in total. The predicted octanol–water partition coefficient (Wildman–Crippen LogP) is -0.198. The monoisotopic (exact) mass is 217 g/mol. The Morgan fingerprint density at radius 1 is 1.60 bits per heavy atom. The minimum Gasteiger partial charge on any atom is -0.464 e. The van der Waals surface area contributed by atoms with E-state index in [1.165, 1.54) is 0 Å². The zero-order chi connectivity index (χ0) is 10.9. The molecule has 0 aromatic carbocycles. The van der Waals surface area contributed by atoms with Gasteiger partial charge in [0.25, 0.3) is 0 Å². The molecule has 0 bridgehead atoms. The first-order valence-corrected chi connectivity index (χ1v) is 5.26. The maximum atomic E-state index is 11.2. The van der Waals surface area contributed by atoms with Crippen LogP contribution < -0.4 is 5.32 Å². The lowest BCUT2D eigenvalue weighted by atomic mass is 10.1. The molecule has 1 atom stereocenters. The van der Waals surface area contributed by atoms with Crippen LogP contribution in [0.2, 0.25) is 0 Å². The molecule has 1 N–H and O–H groups in total. The van der Waals surface area contributed by atoms with E-state index in [2.05, 4.69) is 5.32 Å². The summed E-state index contributed by atoms with van der Waals surface area (Å²) in [5, 5.41) is 2.93. The highest BCUT2D eigenvalue weighted by molar-refractivity contribution is 5.71. The average molecular weight is 217 g/mol. The van der Waals surface area contributed by atoms with Gasteiger partial charge in [-0.15, -0.1) is 0 Å². The molecule has 15 heavy (non-hydrogen) atoms. The van der Waals surface area contributed by atoms with Crippen LogP contribution in [0, 0.1) is 5.92 Å². The van der Waals surface area contributed by atoms with Crippen LogP contribution in [-0.2, 0) is 19.0 Å². The number of rotatable bonds is 7. The van der Waals surface area contributed by atoms with Crippen molar-refractivity contribution in [3.8, 4) is 0 Å². The van der Waals surface area contributed by atoms with Crippen LogP contribution in [0.1, 0.15) is 6.42 Å². The SMILES string of the molecule is COCCNCC(=O)OCC1CCOC1. The predicted molar refractivity (Wildman–Crippen MR) is 54.6 cm³/mol. The number of carbonyl (C=O) groups excluding carboxylic acids is 1. The molecule has 0 radical (unpaired) electrons. The summed E-state index contributed by atoms with van der Waals surface area (Å²) in [5.74, 6) is 0.172. The van der Waals surface area contributed by atoms with Crippen LogP contribution in [0.25, 0.3) is 0 Å². The molecule has 1 rings (SSSR count). The summed E-state index contributed by atoms with van der Waals surface area (Å²) < 4.78 is 15.1. The lowest BCUT2D eigenvalue weighted by Crippen LogP contribution is -2.28. The molecule has 0 spiro atoms. The topological polar surface area (TPSA) is 56.8 Å². The van der Waals surface area contributed by atoms with Gasteiger partial charge in [-0.1, -0.05) is 0 Å². The average Bonchev–Trinajstić information content (AvgIpc) is 2.74. The van der Waals surface area contributed by atoms with Gasteiger partial charge < -0.3 is 19.5 Å². The molecule has 1 unspecified atom stereocenters. The maximum absolute atomic E-state index is 11.2. The minimum atomic E-state index is -0.210. The normalized spacial score (nSPS) is 20.5. The summed E-state index contributed by atoms with van der Waals surface area (Å²) >= 11 is 0. The van der Waals surface area contributed by atoms with Gasteiger partial charge in [-0.3, -0.25) is 4.79 Å². The number of carbonyl (C=O) groups is 1. The van der Waals surface area contributed by atoms with Crippen LogP contribution in [0.4, 0.5) is 0 Å². The third-order valence-electron chi connectivity index (χ3n) is 2.26. The molecule has 0 aliphatic carbocycles. The van der Waals surface area contributed by atoms with E-state index in [-0.39, 0.29) is 12.5 Å². The van der Waals surface area contributed by atoms with Gasteiger partial charge in [-0.05, 0) is 6.42 Å². The molecule has 1 saturated heterocycles. The van der Waals surface area contributed by atoms with Crippen molar-refractivity contribution in [3.05, 3.63) is 0 Å². The number of ether oxygens (including phenoxy) is 3. The van der Waals surface area contributed by atoms with Crippen molar-refractivity contribution in [2.24, 2.45) is 5.92 Å². The second kappa shape index (κ2) is 7.62. The van der Waals surface area contributed by atoms with E-state index >= 15 is 0 Å². The van der Waals surface area contributed by atoms with Crippen LogP contribution in [0.15, 0.2) is 0 Å². The summed E-state index contributed by atoms with van der Waals surface area (Å²) in [6.07, 6.45) is 0.990. The number of nitrogens with one attached hydrogen (secondary N) is 1. The highest BCUT2D eigenvalue weighted by atomic mass is 16.5. The molecule has 88 valence electrons. The first-order valence-electron chi connectivity index (χ1n) is 5.26. The number of hydrogen-bond donors (Lipinski definition) is 1. The minimum absolute atomic E-state index is 0.210. The van der Waals surface area contributed by atoms with E-state index in [9.17, 15) is 4.79 Å². The molecule has 1 fully saturated rings. The zero-order valence-corrected chi connectivity index (χ0v) is 9.16. The van der Waals surface area contributed by atoms with Crippen molar-refractivity contribution in [1.29, 1.82) is 0 Å². The largest absolute Gasteiger partial charge is 0.464 e. The van der Waals surface area contributed by atoms with Crippen molar-refractivity contribution < 1.29 is 19.0 Å². The molecule has 0 amide bonds. The van der Waals surface area contributed by atoms with Crippen molar-refractivity contribution in [3.63, 3.8) is 0 Å². The number of methoxy groups -OCH3 is 1. The third kappa shape index (κ3) is 5.71. The zero-order valence-electron chi connectivity index (χ0n) is 9.16. The van der Waals surface area contributed by atoms with E-state index in [1.54, 1.807) is 7.11 Å². The summed E-state index contributed by atoms with van der Waals surface area (Å²) in [4.78, 5) is 11.2. The molecule has 1 aliphatic rings. The Kier molecular flexibility index (Phi) is 6.31. The van der Waals surface area contributed by atoms with Crippen LogP contribution >= 0.6 is 0 Å². The van der Waals surface area contributed by atoms with Gasteiger partial charge in [0.2, 0.25) is 0 Å². The Labute approximate surface area is 90.1 Å². The molecule has 0 aromatic rings. The summed E-state index contributed by atoms with van der Waals surface area (Å²) in [5.41, 5.74) is 0. The van der Waals surface area contributed by atoms with Gasteiger partial charge in [0.1, 0.15) is 0 Å². The molecule has 0 aromatic heterocycles. The van der Waals surface area contributed by atoms with E-state index in [1.807, 2.05) is 0 Å². The molecule has 0 saturated carbocycles. The summed E-state index contributed by atoms with van der Waals surface area (Å²) in [6.45, 7) is 3.49. The van der Waals surface area contributed by atoms with E-state index in [0.717, 1.165) is 13.0 Å². The Balaban J connectivity index is 1.93. The Hall–Kier alpha value is -0.650. The molecule has 1 aliphatic heterocycles. The molecule has 5 heteroatoms. The lowest BCUT2D eigenvalue weighted by molar-refractivity contribution is -0.143. The van der Waals surface area contributed by atoms with Gasteiger partial charge in [-0.2, -0.15) is 0 Å². The third-order valence-corrected chi connectivity index (χ3v) is 2.26. The van der Waals surface area contributed by atoms with E-state index in [0.29, 0.717) is 32.3 Å². The first-order chi connectivity index (χ1) is 7.33. The smallest absolute Gasteiger partial charge is 0.319 e. The standard InChI is InChI=1S/C10H19NO4/c1-13-5-3-11-6-10(12)15-8-9-2-4-14-7-9/h9,11H,2-8H2,1H3. The van der Waals surface area contributed by atoms with Gasteiger partial charge >= 0.3 is 5.97 Å². The highest BCUT2D eigenvalue weighted by Crippen LogP contribution is 2.11. The Bertz CT molecular complexity index is 180. The van der Waals surface area contributed by atoms with Crippen molar-refractivity contribution in [2.75, 3.05) is 46.6 Å². The fourth-order valence-corrected chi connectivity index (χ4v) is 1.34. The quantitative estimate of drug-likeness (QED) is 0.473. The Morgan fingerprint density at radius 3 is 3.13 bits per heavy atom. The van der Waals surface area contributed by atoms with Crippen LogP contribution in [0.3, 0.4) is 0 Å². The molecule has 1 heterocycles. The number of hydrogen-bond acceptors (Lipinski definition) is 5. The second-order valence-electron chi connectivity index (χ2n) is 3.58. The Morgan fingerprint density at radius 2 is 2.47 bits per heavy atom. The van der Waals surface area contributed by atoms with Crippen molar-refractivity contribution in [1.82, 2.24) is 5.32 Å². The van der Waals surface area contributed by atoms with E-state index < -0.39 is 0 Å². The van der Waals surface area contributed by atoms with E-state index in [4.69, 9.17) is 14.2 Å². The fraction of sp³-hybridized carbons (Fsp3) is 0.900.